The van der Waals surface area contributed by atoms with Crippen LogP contribution in [0.2, 0.25) is 0 Å². The van der Waals surface area contributed by atoms with Gasteiger partial charge in [0.1, 0.15) is 3.23 Å². The lowest BCUT2D eigenvalue weighted by Crippen LogP contribution is -1.89. The molecule has 6 heavy (non-hydrogen) atoms. The molecule has 1 saturated carbocycles. The van der Waals surface area contributed by atoms with Crippen LogP contribution in [0.4, 0.5) is 0 Å². The fourth-order valence-corrected chi connectivity index (χ4v) is 0.812. The molecule has 0 spiro atoms. The Bertz CT molecular complexity index is 71.2. The summed E-state index contributed by atoms with van der Waals surface area (Å²) in [6, 6.07) is 0. The van der Waals surface area contributed by atoms with E-state index in [-0.39, 0.29) is 9.34 Å². The van der Waals surface area contributed by atoms with E-state index in [9.17, 15) is 0 Å². The van der Waals surface area contributed by atoms with E-state index in [2.05, 4.69) is 31.9 Å². The van der Waals surface area contributed by atoms with Crippen LogP contribution < -0.4 is 0 Å². The molecule has 1 N–H and O–H groups in total. The summed E-state index contributed by atoms with van der Waals surface area (Å²) in [5.74, 6) is 0. The number of hydrogen-bond donors (Lipinski definition) is 1. The van der Waals surface area contributed by atoms with Gasteiger partial charge in [0.05, 0.1) is 6.10 Å². The van der Waals surface area contributed by atoms with E-state index in [1.807, 2.05) is 0 Å². The van der Waals surface area contributed by atoms with E-state index in [4.69, 9.17) is 5.11 Å². The Hall–Kier alpha value is 0.920. The Morgan fingerprint density at radius 3 is 1.83 bits per heavy atom. The van der Waals surface area contributed by atoms with E-state index >= 15 is 0 Å². The number of alkyl halides is 2. The summed E-state index contributed by atoms with van der Waals surface area (Å²) in [4.78, 5) is 0. The molecule has 1 aliphatic carbocycles. The van der Waals surface area contributed by atoms with Crippen LogP contribution in [0.15, 0.2) is 0 Å². The largest absolute Gasteiger partial charge is 0.391 e. The Balaban J connectivity index is 2.41. The van der Waals surface area contributed by atoms with Crippen LogP contribution in [0.5, 0.6) is 0 Å². The zero-order valence-corrected chi connectivity index (χ0v) is 6.16. The van der Waals surface area contributed by atoms with Gasteiger partial charge in [-0.3, -0.25) is 0 Å². The van der Waals surface area contributed by atoms with Crippen molar-refractivity contribution in [3.05, 3.63) is 0 Å². The van der Waals surface area contributed by atoms with Crippen molar-refractivity contribution < 1.29 is 5.11 Å². The number of aliphatic hydroxyl groups excluding tert-OH is 1. The highest BCUT2D eigenvalue weighted by atomic mass is 79.9. The molecule has 36 valence electrons. The number of halogens is 2. The average Bonchev–Trinajstić information content (AvgIpc) is 1.73. The first-order chi connectivity index (χ1) is 2.63. The van der Waals surface area contributed by atoms with Gasteiger partial charge in [0.15, 0.2) is 0 Å². The number of rotatable bonds is 0. The van der Waals surface area contributed by atoms with E-state index in [1.54, 1.807) is 0 Å². The highest BCUT2D eigenvalue weighted by Gasteiger charge is 2.49. The van der Waals surface area contributed by atoms with Crippen LogP contribution in [0.25, 0.3) is 0 Å². The van der Waals surface area contributed by atoms with Crippen molar-refractivity contribution >= 4 is 31.9 Å². The molecule has 0 aromatic carbocycles. The molecule has 0 aromatic heterocycles. The van der Waals surface area contributed by atoms with Gasteiger partial charge in [0.2, 0.25) is 0 Å². The van der Waals surface area contributed by atoms with Crippen LogP contribution in [-0.4, -0.2) is 14.4 Å². The van der Waals surface area contributed by atoms with Crippen molar-refractivity contribution in [3.63, 3.8) is 0 Å². The topological polar surface area (TPSA) is 20.2 Å². The predicted molar refractivity (Wildman–Crippen MR) is 31.2 cm³/mol. The molecule has 0 aliphatic heterocycles. The van der Waals surface area contributed by atoms with Crippen LogP contribution in [0, 0.1) is 0 Å². The normalized spacial score (nSPS) is 39.5. The van der Waals surface area contributed by atoms with Gasteiger partial charge in [-0.15, -0.1) is 0 Å². The summed E-state index contributed by atoms with van der Waals surface area (Å²) < 4.78 is -0.111. The van der Waals surface area contributed by atoms with Crippen molar-refractivity contribution in [2.45, 2.75) is 15.8 Å². The smallest absolute Gasteiger partial charge is 0.109 e. The van der Waals surface area contributed by atoms with E-state index in [0.717, 1.165) is 6.42 Å². The second-order valence-corrected chi connectivity index (χ2v) is 5.38. The van der Waals surface area contributed by atoms with Gasteiger partial charge in [-0.05, 0) is 0 Å². The molecule has 0 aromatic rings. The molecule has 1 atom stereocenters. The SMILES string of the molecule is OC1CC1(Br)Br. The van der Waals surface area contributed by atoms with Gasteiger partial charge in [-0.25, -0.2) is 0 Å². The van der Waals surface area contributed by atoms with Crippen LogP contribution in [0.3, 0.4) is 0 Å². The second-order valence-electron chi connectivity index (χ2n) is 1.48. The van der Waals surface area contributed by atoms with Gasteiger partial charge in [0.25, 0.3) is 0 Å². The minimum absolute atomic E-state index is 0.111. The van der Waals surface area contributed by atoms with E-state index < -0.39 is 0 Å². The Labute approximate surface area is 53.0 Å². The molecule has 0 saturated heterocycles. The minimum Gasteiger partial charge on any atom is -0.391 e. The fraction of sp³-hybridized carbons (Fsp3) is 1.00. The molecular weight excluding hydrogens is 212 g/mol. The van der Waals surface area contributed by atoms with Crippen LogP contribution in [-0.2, 0) is 0 Å². The van der Waals surface area contributed by atoms with Crippen molar-refractivity contribution in [2.24, 2.45) is 0 Å². The highest BCUT2D eigenvalue weighted by Crippen LogP contribution is 2.50. The maximum absolute atomic E-state index is 8.60. The van der Waals surface area contributed by atoms with Gasteiger partial charge < -0.3 is 5.11 Å². The zero-order chi connectivity index (χ0) is 4.78. The summed E-state index contributed by atoms with van der Waals surface area (Å²) in [7, 11) is 0. The molecule has 0 radical (unpaired) electrons. The number of hydrogen-bond acceptors (Lipinski definition) is 1. The van der Waals surface area contributed by atoms with Gasteiger partial charge in [0, 0.05) is 6.42 Å². The maximum Gasteiger partial charge on any atom is 0.109 e. The molecule has 1 nitrogen and oxygen atoms in total. The summed E-state index contributed by atoms with van der Waals surface area (Å²) in [5.41, 5.74) is 0. The summed E-state index contributed by atoms with van der Waals surface area (Å²) in [6.45, 7) is 0. The Kier molecular flexibility index (Phi) is 1.01. The highest BCUT2D eigenvalue weighted by molar-refractivity contribution is 9.25. The lowest BCUT2D eigenvalue weighted by atomic mass is 10.9. The van der Waals surface area contributed by atoms with E-state index in [0.29, 0.717) is 0 Å². The van der Waals surface area contributed by atoms with Crippen molar-refractivity contribution in [1.29, 1.82) is 0 Å². The summed E-state index contributed by atoms with van der Waals surface area (Å²) in [6.07, 6.45) is 0.657. The van der Waals surface area contributed by atoms with E-state index in [1.165, 1.54) is 0 Å². The van der Waals surface area contributed by atoms with Gasteiger partial charge in [-0.1, -0.05) is 31.9 Å². The zero-order valence-electron chi connectivity index (χ0n) is 2.99. The van der Waals surface area contributed by atoms with Crippen LogP contribution >= 0.6 is 31.9 Å². The molecule has 1 rings (SSSR count). The third-order valence-corrected chi connectivity index (χ3v) is 2.50. The van der Waals surface area contributed by atoms with Crippen LogP contribution in [0.1, 0.15) is 6.42 Å². The predicted octanol–water partition coefficient (Wildman–Crippen LogP) is 1.24. The maximum atomic E-state index is 8.60. The second kappa shape index (κ2) is 1.20. The monoisotopic (exact) mass is 214 g/mol. The standard InChI is InChI=1S/C3H4Br2O/c4-3(5)1-2(3)6/h2,6H,1H2. The average molecular weight is 216 g/mol. The number of aliphatic hydroxyl groups is 1. The Morgan fingerprint density at radius 2 is 1.83 bits per heavy atom. The molecule has 1 fully saturated rings. The Morgan fingerprint density at radius 1 is 1.67 bits per heavy atom. The first kappa shape index (κ1) is 5.06. The quantitative estimate of drug-likeness (QED) is 0.603. The van der Waals surface area contributed by atoms with Gasteiger partial charge in [-0.2, -0.15) is 0 Å². The van der Waals surface area contributed by atoms with Crippen molar-refractivity contribution in [1.82, 2.24) is 0 Å². The molecule has 1 unspecified atom stereocenters. The lowest BCUT2D eigenvalue weighted by molar-refractivity contribution is 0.279. The third-order valence-electron chi connectivity index (χ3n) is 0.793. The molecule has 3 heteroatoms. The first-order valence-corrected chi connectivity index (χ1v) is 3.27. The molecule has 0 bridgehead atoms. The fourth-order valence-electron chi connectivity index (χ4n) is 0.199. The van der Waals surface area contributed by atoms with Crippen molar-refractivity contribution in [3.8, 4) is 0 Å². The lowest BCUT2D eigenvalue weighted by Gasteiger charge is -1.85. The van der Waals surface area contributed by atoms with Crippen molar-refractivity contribution in [2.75, 3.05) is 0 Å². The minimum atomic E-state index is -0.169. The molecule has 1 aliphatic rings. The molecular formula is C3H4Br2O. The summed E-state index contributed by atoms with van der Waals surface area (Å²) in [5, 5.41) is 8.60. The molecule has 0 amide bonds. The molecule has 0 heterocycles. The van der Waals surface area contributed by atoms with Gasteiger partial charge >= 0.3 is 0 Å². The summed E-state index contributed by atoms with van der Waals surface area (Å²) >= 11 is 6.44. The first-order valence-electron chi connectivity index (χ1n) is 1.69. The third kappa shape index (κ3) is 0.768.